The van der Waals surface area contributed by atoms with Gasteiger partial charge < -0.3 is 15.0 Å². The van der Waals surface area contributed by atoms with E-state index in [1.165, 1.54) is 12.1 Å². The first-order chi connectivity index (χ1) is 10.2. The van der Waals surface area contributed by atoms with Crippen LogP contribution in [0.25, 0.3) is 0 Å². The first kappa shape index (κ1) is 14.8. The van der Waals surface area contributed by atoms with Crippen LogP contribution in [0.15, 0.2) is 30.6 Å². The molecule has 0 fully saturated rings. The standard InChI is InChI=1S/C14H18N4O3/c1-2-21-13-9-11(8-12(10-13)18(19)20)15-5-3-4-14-16-6-7-17-14/h6-10,15H,2-5H2,1H3,(H,16,17). The van der Waals surface area contributed by atoms with E-state index in [0.717, 1.165) is 18.7 Å². The van der Waals surface area contributed by atoms with E-state index < -0.39 is 4.92 Å². The summed E-state index contributed by atoms with van der Waals surface area (Å²) in [5.74, 6) is 1.44. The minimum absolute atomic E-state index is 0.0227. The molecule has 2 aromatic rings. The fourth-order valence-corrected chi connectivity index (χ4v) is 1.96. The SMILES string of the molecule is CCOc1cc(NCCCc2ncc[nH]2)cc([N+](=O)[O-])c1. The molecule has 0 saturated heterocycles. The number of rotatable bonds is 8. The molecule has 0 bridgehead atoms. The van der Waals surface area contributed by atoms with Gasteiger partial charge in [0.05, 0.1) is 17.6 Å². The number of hydrogen-bond donors (Lipinski definition) is 2. The van der Waals surface area contributed by atoms with Gasteiger partial charge in [-0.15, -0.1) is 0 Å². The molecule has 0 atom stereocenters. The molecule has 2 N–H and O–H groups in total. The van der Waals surface area contributed by atoms with Gasteiger partial charge in [-0.2, -0.15) is 0 Å². The van der Waals surface area contributed by atoms with E-state index >= 15 is 0 Å². The molecule has 0 aliphatic heterocycles. The summed E-state index contributed by atoms with van der Waals surface area (Å²) in [6, 6.07) is 4.70. The summed E-state index contributed by atoms with van der Waals surface area (Å²) < 4.78 is 5.34. The van der Waals surface area contributed by atoms with Crippen molar-refractivity contribution in [3.8, 4) is 5.75 Å². The Balaban J connectivity index is 1.93. The molecule has 1 aromatic carbocycles. The lowest BCUT2D eigenvalue weighted by molar-refractivity contribution is -0.384. The van der Waals surface area contributed by atoms with Crippen LogP contribution in [-0.4, -0.2) is 28.0 Å². The number of ether oxygens (including phenoxy) is 1. The highest BCUT2D eigenvalue weighted by molar-refractivity contribution is 5.56. The third-order valence-corrected chi connectivity index (χ3v) is 2.89. The zero-order valence-electron chi connectivity index (χ0n) is 11.8. The second-order valence-corrected chi connectivity index (χ2v) is 4.47. The third kappa shape index (κ3) is 4.48. The van der Waals surface area contributed by atoms with Crippen molar-refractivity contribution in [3.05, 3.63) is 46.5 Å². The maximum absolute atomic E-state index is 10.9. The second kappa shape index (κ2) is 7.28. The molecular formula is C14H18N4O3. The molecule has 0 unspecified atom stereocenters. The molecule has 1 aromatic heterocycles. The highest BCUT2D eigenvalue weighted by atomic mass is 16.6. The largest absolute Gasteiger partial charge is 0.494 e. The molecule has 0 amide bonds. The fraction of sp³-hybridized carbons (Fsp3) is 0.357. The van der Waals surface area contributed by atoms with Gasteiger partial charge >= 0.3 is 0 Å². The van der Waals surface area contributed by atoms with Crippen LogP contribution in [0, 0.1) is 10.1 Å². The zero-order valence-corrected chi connectivity index (χ0v) is 11.8. The maximum atomic E-state index is 10.9. The number of nitro groups is 1. The molecule has 7 heteroatoms. The number of hydrogen-bond acceptors (Lipinski definition) is 5. The lowest BCUT2D eigenvalue weighted by Gasteiger charge is -2.09. The van der Waals surface area contributed by atoms with Crippen LogP contribution in [0.5, 0.6) is 5.75 Å². The summed E-state index contributed by atoms with van der Waals surface area (Å²) in [5.41, 5.74) is 0.710. The third-order valence-electron chi connectivity index (χ3n) is 2.89. The lowest BCUT2D eigenvalue weighted by atomic mass is 10.2. The van der Waals surface area contributed by atoms with E-state index in [2.05, 4.69) is 15.3 Å². The van der Waals surface area contributed by atoms with Crippen molar-refractivity contribution < 1.29 is 9.66 Å². The first-order valence-electron chi connectivity index (χ1n) is 6.83. The Morgan fingerprint density at radius 3 is 2.95 bits per heavy atom. The van der Waals surface area contributed by atoms with Crippen LogP contribution in [0.1, 0.15) is 19.2 Å². The van der Waals surface area contributed by atoms with E-state index in [-0.39, 0.29) is 5.69 Å². The molecule has 112 valence electrons. The summed E-state index contributed by atoms with van der Waals surface area (Å²) >= 11 is 0. The molecule has 7 nitrogen and oxygen atoms in total. The number of aromatic nitrogens is 2. The van der Waals surface area contributed by atoms with Gasteiger partial charge in [-0.3, -0.25) is 10.1 Å². The van der Waals surface area contributed by atoms with Gasteiger partial charge in [-0.05, 0) is 13.3 Å². The van der Waals surface area contributed by atoms with Crippen molar-refractivity contribution in [2.24, 2.45) is 0 Å². The fourth-order valence-electron chi connectivity index (χ4n) is 1.96. The van der Waals surface area contributed by atoms with Crippen molar-refractivity contribution in [1.29, 1.82) is 0 Å². The molecule has 1 heterocycles. The van der Waals surface area contributed by atoms with Gasteiger partial charge in [-0.25, -0.2) is 4.98 Å². The average Bonchev–Trinajstić information content (AvgIpc) is 2.97. The minimum Gasteiger partial charge on any atom is -0.494 e. The normalized spacial score (nSPS) is 10.3. The molecule has 2 rings (SSSR count). The molecule has 21 heavy (non-hydrogen) atoms. The van der Waals surface area contributed by atoms with Crippen molar-refractivity contribution in [2.45, 2.75) is 19.8 Å². The first-order valence-corrected chi connectivity index (χ1v) is 6.83. The van der Waals surface area contributed by atoms with Gasteiger partial charge in [0.1, 0.15) is 11.6 Å². The number of imidazole rings is 1. The van der Waals surface area contributed by atoms with E-state index in [1.807, 2.05) is 6.92 Å². The molecule has 0 radical (unpaired) electrons. The van der Waals surface area contributed by atoms with Crippen molar-refractivity contribution in [1.82, 2.24) is 9.97 Å². The highest BCUT2D eigenvalue weighted by Crippen LogP contribution is 2.26. The zero-order chi connectivity index (χ0) is 15.1. The highest BCUT2D eigenvalue weighted by Gasteiger charge is 2.10. The Kier molecular flexibility index (Phi) is 5.14. The van der Waals surface area contributed by atoms with Gasteiger partial charge in [0.25, 0.3) is 5.69 Å². The van der Waals surface area contributed by atoms with Crippen molar-refractivity contribution in [2.75, 3.05) is 18.5 Å². The van der Waals surface area contributed by atoms with Crippen molar-refractivity contribution >= 4 is 11.4 Å². The number of anilines is 1. The number of non-ortho nitro benzene ring substituents is 1. The van der Waals surface area contributed by atoms with E-state index in [0.29, 0.717) is 24.6 Å². The Labute approximate surface area is 122 Å². The summed E-state index contributed by atoms with van der Waals surface area (Å²) in [7, 11) is 0. The van der Waals surface area contributed by atoms with Gasteiger partial charge in [0.2, 0.25) is 0 Å². The predicted octanol–water partition coefficient (Wildman–Crippen LogP) is 2.76. The van der Waals surface area contributed by atoms with Crippen molar-refractivity contribution in [3.63, 3.8) is 0 Å². The van der Waals surface area contributed by atoms with E-state index in [1.54, 1.807) is 18.5 Å². The van der Waals surface area contributed by atoms with Crippen LogP contribution in [0.3, 0.4) is 0 Å². The topological polar surface area (TPSA) is 93.1 Å². The molecule has 0 aliphatic carbocycles. The quantitative estimate of drug-likeness (QED) is 0.443. The monoisotopic (exact) mass is 290 g/mol. The molecule has 0 spiro atoms. The predicted molar refractivity (Wildman–Crippen MR) is 79.7 cm³/mol. The maximum Gasteiger partial charge on any atom is 0.275 e. The van der Waals surface area contributed by atoms with Gasteiger partial charge in [0.15, 0.2) is 0 Å². The number of aromatic amines is 1. The van der Waals surface area contributed by atoms with Crippen LogP contribution in [0.4, 0.5) is 11.4 Å². The summed E-state index contributed by atoms with van der Waals surface area (Å²) in [6.07, 6.45) is 5.21. The molecule has 0 aliphatic rings. The number of nitro benzene ring substituents is 1. The number of nitrogens with one attached hydrogen (secondary N) is 2. The van der Waals surface area contributed by atoms with Gasteiger partial charge in [-0.1, -0.05) is 0 Å². The second-order valence-electron chi connectivity index (χ2n) is 4.47. The summed E-state index contributed by atoms with van der Waals surface area (Å²) in [6.45, 7) is 3.02. The number of H-pyrrole nitrogens is 1. The average molecular weight is 290 g/mol. The number of benzene rings is 1. The minimum atomic E-state index is -0.420. The van der Waals surface area contributed by atoms with Gasteiger partial charge in [0, 0.05) is 43.2 Å². The number of nitrogens with zero attached hydrogens (tertiary/aromatic N) is 2. The Hall–Kier alpha value is -2.57. The molecular weight excluding hydrogens is 272 g/mol. The molecule has 0 saturated carbocycles. The van der Waals surface area contributed by atoms with E-state index in [9.17, 15) is 10.1 Å². The summed E-state index contributed by atoms with van der Waals surface area (Å²) in [5, 5.41) is 14.1. The lowest BCUT2D eigenvalue weighted by Crippen LogP contribution is -2.05. The van der Waals surface area contributed by atoms with Crippen LogP contribution < -0.4 is 10.1 Å². The van der Waals surface area contributed by atoms with E-state index in [4.69, 9.17) is 4.74 Å². The van der Waals surface area contributed by atoms with Crippen LogP contribution in [-0.2, 0) is 6.42 Å². The summed E-state index contributed by atoms with van der Waals surface area (Å²) in [4.78, 5) is 17.7. The van der Waals surface area contributed by atoms with Crippen LogP contribution in [0.2, 0.25) is 0 Å². The Morgan fingerprint density at radius 2 is 2.29 bits per heavy atom. The number of aryl methyl sites for hydroxylation is 1. The Morgan fingerprint density at radius 1 is 1.43 bits per heavy atom. The Bertz CT molecular complexity index is 584. The van der Waals surface area contributed by atoms with Crippen LogP contribution >= 0.6 is 0 Å². The smallest absolute Gasteiger partial charge is 0.275 e.